The normalized spacial score (nSPS) is 12.3. The lowest BCUT2D eigenvalue weighted by atomic mass is 10.2. The van der Waals surface area contributed by atoms with E-state index >= 15 is 0 Å². The Kier molecular flexibility index (Phi) is 5.72. The quantitative estimate of drug-likeness (QED) is 0.416. The summed E-state index contributed by atoms with van der Waals surface area (Å²) >= 11 is 6.67. The fourth-order valence-electron chi connectivity index (χ4n) is 1.45. The molecule has 0 radical (unpaired) electrons. The molecule has 23 heavy (non-hydrogen) atoms. The molecule has 0 saturated heterocycles. The van der Waals surface area contributed by atoms with Gasteiger partial charge in [-0.15, -0.1) is 0 Å². The number of aromatic amines is 2. The molecule has 1 heterocycles. The number of hydrazone groups is 1. The number of H-pyrrole nitrogens is 2. The van der Waals surface area contributed by atoms with Gasteiger partial charge in [0.15, 0.2) is 5.03 Å². The van der Waals surface area contributed by atoms with E-state index < -0.39 is 22.4 Å². The molecule has 1 amide bonds. The Morgan fingerprint density at radius 2 is 2.09 bits per heavy atom. The minimum absolute atomic E-state index is 0.00562. The third-order valence-electron chi connectivity index (χ3n) is 2.60. The van der Waals surface area contributed by atoms with Crippen LogP contribution in [0.15, 0.2) is 44.0 Å². The van der Waals surface area contributed by atoms with Crippen LogP contribution < -0.4 is 16.7 Å². The number of aromatic nitrogens is 3. The third-order valence-corrected chi connectivity index (χ3v) is 3.92. The smallest absolute Gasteiger partial charge is 0.272 e. The summed E-state index contributed by atoms with van der Waals surface area (Å²) in [5.74, 6) is -0.410. The molecule has 0 aliphatic carbocycles. The number of benzene rings is 1. The van der Waals surface area contributed by atoms with Gasteiger partial charge >= 0.3 is 5.69 Å². The van der Waals surface area contributed by atoms with Crippen molar-refractivity contribution >= 4 is 35.5 Å². The van der Waals surface area contributed by atoms with Gasteiger partial charge in [0.2, 0.25) is 0 Å². The van der Waals surface area contributed by atoms with Crippen LogP contribution in [0.3, 0.4) is 0 Å². The molecule has 2 rings (SSSR count). The van der Waals surface area contributed by atoms with Crippen molar-refractivity contribution in [2.45, 2.75) is 17.2 Å². The molecule has 0 fully saturated rings. The van der Waals surface area contributed by atoms with Crippen molar-refractivity contribution in [1.29, 1.82) is 0 Å². The van der Waals surface area contributed by atoms with E-state index in [2.05, 4.69) is 20.7 Å². The van der Waals surface area contributed by atoms with Gasteiger partial charge in [0, 0.05) is 5.02 Å². The molecule has 2 aromatic rings. The van der Waals surface area contributed by atoms with E-state index in [0.29, 0.717) is 5.02 Å². The Labute approximate surface area is 139 Å². The van der Waals surface area contributed by atoms with Crippen molar-refractivity contribution in [2.24, 2.45) is 5.10 Å². The predicted molar refractivity (Wildman–Crippen MR) is 88.0 cm³/mol. The topological polar surface area (TPSA) is 120 Å². The summed E-state index contributed by atoms with van der Waals surface area (Å²) < 4.78 is 0. The van der Waals surface area contributed by atoms with Gasteiger partial charge in [-0.05, 0) is 24.6 Å². The Morgan fingerprint density at radius 3 is 2.74 bits per heavy atom. The Balaban J connectivity index is 1.93. The maximum absolute atomic E-state index is 11.9. The third kappa shape index (κ3) is 5.08. The zero-order chi connectivity index (χ0) is 16.8. The highest BCUT2D eigenvalue weighted by molar-refractivity contribution is 8.00. The van der Waals surface area contributed by atoms with Crippen molar-refractivity contribution in [1.82, 2.24) is 20.6 Å². The molecule has 10 heteroatoms. The largest absolute Gasteiger partial charge is 0.342 e. The van der Waals surface area contributed by atoms with Gasteiger partial charge in [-0.3, -0.25) is 14.6 Å². The molecule has 0 spiro atoms. The van der Waals surface area contributed by atoms with Gasteiger partial charge in [-0.2, -0.15) is 10.2 Å². The number of thioether (sulfide) groups is 1. The second-order valence-electron chi connectivity index (χ2n) is 4.36. The molecule has 0 aliphatic heterocycles. The van der Waals surface area contributed by atoms with Gasteiger partial charge in [0.25, 0.3) is 11.5 Å². The number of carbonyl (C=O) groups excluding carboxylic acids is 1. The lowest BCUT2D eigenvalue weighted by Crippen LogP contribution is -2.30. The van der Waals surface area contributed by atoms with Crippen LogP contribution in [0.4, 0.5) is 0 Å². The lowest BCUT2D eigenvalue weighted by molar-refractivity contribution is -0.120. The average molecular weight is 354 g/mol. The lowest BCUT2D eigenvalue weighted by Gasteiger charge is -2.07. The van der Waals surface area contributed by atoms with E-state index in [1.54, 1.807) is 31.2 Å². The number of halogens is 1. The molecular formula is C13H12ClN5O3S. The maximum Gasteiger partial charge on any atom is 0.342 e. The fourth-order valence-corrected chi connectivity index (χ4v) is 2.32. The van der Waals surface area contributed by atoms with Crippen molar-refractivity contribution in [3.8, 4) is 0 Å². The van der Waals surface area contributed by atoms with E-state index in [-0.39, 0.29) is 5.03 Å². The van der Waals surface area contributed by atoms with E-state index in [4.69, 9.17) is 11.6 Å². The molecule has 8 nitrogen and oxygen atoms in total. The summed E-state index contributed by atoms with van der Waals surface area (Å²) in [7, 11) is 0. The molecular weight excluding hydrogens is 342 g/mol. The van der Waals surface area contributed by atoms with E-state index in [0.717, 1.165) is 17.3 Å². The van der Waals surface area contributed by atoms with E-state index in [9.17, 15) is 14.4 Å². The number of rotatable bonds is 5. The summed E-state index contributed by atoms with van der Waals surface area (Å²) in [6, 6.07) is 6.91. The summed E-state index contributed by atoms with van der Waals surface area (Å²) in [6.45, 7) is 1.59. The minimum atomic E-state index is -0.705. The monoisotopic (exact) mass is 353 g/mol. The van der Waals surface area contributed by atoms with Crippen LogP contribution in [0, 0.1) is 0 Å². The molecule has 0 aliphatic rings. The zero-order valence-corrected chi connectivity index (χ0v) is 13.4. The van der Waals surface area contributed by atoms with Gasteiger partial charge < -0.3 is 0 Å². The second-order valence-corrected chi connectivity index (χ2v) is 6.12. The van der Waals surface area contributed by atoms with Crippen LogP contribution in [-0.4, -0.2) is 32.6 Å². The molecule has 0 saturated carbocycles. The van der Waals surface area contributed by atoms with Crippen LogP contribution in [0.5, 0.6) is 0 Å². The molecule has 1 aromatic heterocycles. The van der Waals surface area contributed by atoms with Crippen LogP contribution in [0.25, 0.3) is 0 Å². The van der Waals surface area contributed by atoms with Gasteiger partial charge in [0.05, 0.1) is 11.5 Å². The van der Waals surface area contributed by atoms with Gasteiger partial charge in [0.1, 0.15) is 0 Å². The SMILES string of the molecule is CC(Sc1n[nH]c(=O)[nH]c1=O)C(=O)N/N=C/c1ccc(Cl)cc1. The van der Waals surface area contributed by atoms with Crippen molar-refractivity contribution in [3.05, 3.63) is 55.7 Å². The highest BCUT2D eigenvalue weighted by Crippen LogP contribution is 2.16. The number of amides is 1. The van der Waals surface area contributed by atoms with Crippen LogP contribution in [0.2, 0.25) is 5.02 Å². The Hall–Kier alpha value is -2.39. The summed E-state index contributed by atoms with van der Waals surface area (Å²) in [5.41, 5.74) is 1.78. The molecule has 1 unspecified atom stereocenters. The van der Waals surface area contributed by atoms with Crippen LogP contribution >= 0.6 is 23.4 Å². The first-order valence-corrected chi connectivity index (χ1v) is 7.65. The molecule has 120 valence electrons. The molecule has 3 N–H and O–H groups in total. The van der Waals surface area contributed by atoms with Crippen molar-refractivity contribution in [3.63, 3.8) is 0 Å². The van der Waals surface area contributed by atoms with Crippen molar-refractivity contribution < 1.29 is 4.79 Å². The van der Waals surface area contributed by atoms with Crippen molar-refractivity contribution in [2.75, 3.05) is 0 Å². The van der Waals surface area contributed by atoms with Crippen LogP contribution in [0.1, 0.15) is 12.5 Å². The first-order valence-electron chi connectivity index (χ1n) is 6.40. The van der Waals surface area contributed by atoms with Crippen LogP contribution in [-0.2, 0) is 4.79 Å². The Morgan fingerprint density at radius 1 is 1.39 bits per heavy atom. The second kappa shape index (κ2) is 7.75. The predicted octanol–water partition coefficient (Wildman–Crippen LogP) is 0.743. The number of carbonyl (C=O) groups is 1. The van der Waals surface area contributed by atoms with Gasteiger partial charge in [-0.25, -0.2) is 15.3 Å². The highest BCUT2D eigenvalue weighted by Gasteiger charge is 2.16. The van der Waals surface area contributed by atoms with E-state index in [1.807, 2.05) is 4.98 Å². The average Bonchev–Trinajstić information content (AvgIpc) is 2.51. The molecule has 0 bridgehead atoms. The number of nitrogens with one attached hydrogen (secondary N) is 3. The molecule has 1 atom stereocenters. The number of hydrogen-bond donors (Lipinski definition) is 3. The minimum Gasteiger partial charge on any atom is -0.272 e. The standard InChI is InChI=1S/C13H12ClN5O3S/c1-7(23-12-11(21)16-13(22)19-18-12)10(20)17-15-6-8-2-4-9(14)5-3-8/h2-7H,1H3,(H,17,20)(H2,16,19,21,22)/b15-6+. The van der Waals surface area contributed by atoms with E-state index in [1.165, 1.54) is 6.21 Å². The summed E-state index contributed by atoms with van der Waals surface area (Å²) in [6.07, 6.45) is 1.47. The fraction of sp³-hybridized carbons (Fsp3) is 0.154. The number of hydrogen-bond acceptors (Lipinski definition) is 6. The first-order chi connectivity index (χ1) is 11.0. The summed E-state index contributed by atoms with van der Waals surface area (Å²) in [4.78, 5) is 36.3. The zero-order valence-electron chi connectivity index (χ0n) is 11.9. The Bertz CT molecular complexity index is 830. The molecule has 1 aromatic carbocycles. The summed E-state index contributed by atoms with van der Waals surface area (Å²) in [5, 5.41) is 9.49. The van der Waals surface area contributed by atoms with Gasteiger partial charge in [-0.1, -0.05) is 35.5 Å². The maximum atomic E-state index is 11.9. The number of nitrogens with zero attached hydrogens (tertiary/aromatic N) is 2. The first kappa shape index (κ1) is 17.0. The highest BCUT2D eigenvalue weighted by atomic mass is 35.5.